The molecule has 0 radical (unpaired) electrons. The molecule has 0 saturated carbocycles. The number of thioether (sulfide) groups is 1. The molecular formula is C20H20N4O4S2. The van der Waals surface area contributed by atoms with E-state index in [1.165, 1.54) is 23.1 Å². The second-order valence-electron chi connectivity index (χ2n) is 5.95. The molecule has 1 N–H and O–H groups in total. The number of nitrogens with zero attached hydrogens (tertiary/aromatic N) is 3. The summed E-state index contributed by atoms with van der Waals surface area (Å²) in [5.74, 6) is 0.361. The van der Waals surface area contributed by atoms with Gasteiger partial charge in [0.2, 0.25) is 5.91 Å². The van der Waals surface area contributed by atoms with Crippen LogP contribution in [0.1, 0.15) is 12.6 Å². The number of hydrogen-bond acceptors (Lipinski definition) is 9. The number of rotatable bonds is 9. The third-order valence-electron chi connectivity index (χ3n) is 3.79. The molecule has 0 bridgehead atoms. The summed E-state index contributed by atoms with van der Waals surface area (Å²) in [5.41, 5.74) is 2.19. The standard InChI is InChI=1S/C20H20N4O4S2/c1-3-28-19(26)10-14-11-30-20(21-14)22-17(25)12-29-18-8-7-16(23-24-18)13-5-4-6-15(9-13)27-2/h4-9,11H,3,10,12H2,1-2H3,(H,21,22,25). The third-order valence-corrected chi connectivity index (χ3v) is 5.51. The zero-order valence-corrected chi connectivity index (χ0v) is 18.1. The average molecular weight is 445 g/mol. The van der Waals surface area contributed by atoms with Crippen molar-refractivity contribution in [1.82, 2.24) is 15.2 Å². The van der Waals surface area contributed by atoms with Gasteiger partial charge in [0.15, 0.2) is 5.13 Å². The lowest BCUT2D eigenvalue weighted by Crippen LogP contribution is -2.14. The molecule has 8 nitrogen and oxygen atoms in total. The Kier molecular flexibility index (Phi) is 7.75. The lowest BCUT2D eigenvalue weighted by atomic mass is 10.1. The first-order valence-electron chi connectivity index (χ1n) is 9.08. The lowest BCUT2D eigenvalue weighted by Gasteiger charge is -2.05. The molecule has 1 amide bonds. The van der Waals surface area contributed by atoms with Crippen LogP contribution in [-0.2, 0) is 20.7 Å². The number of benzene rings is 1. The van der Waals surface area contributed by atoms with E-state index in [9.17, 15) is 9.59 Å². The lowest BCUT2D eigenvalue weighted by molar-refractivity contribution is -0.142. The molecule has 0 aliphatic rings. The SMILES string of the molecule is CCOC(=O)Cc1csc(NC(=O)CSc2ccc(-c3cccc(OC)c3)nn2)n1. The quantitative estimate of drug-likeness (QED) is 0.395. The van der Waals surface area contributed by atoms with Crippen LogP contribution in [0, 0.1) is 0 Å². The van der Waals surface area contributed by atoms with Crippen LogP contribution in [0.15, 0.2) is 46.8 Å². The summed E-state index contributed by atoms with van der Waals surface area (Å²) in [5, 5.41) is 13.9. The van der Waals surface area contributed by atoms with E-state index in [-0.39, 0.29) is 24.1 Å². The number of hydrogen-bond donors (Lipinski definition) is 1. The van der Waals surface area contributed by atoms with Crippen LogP contribution in [-0.4, -0.2) is 46.5 Å². The maximum atomic E-state index is 12.2. The van der Waals surface area contributed by atoms with Crippen molar-refractivity contribution >= 4 is 40.1 Å². The topological polar surface area (TPSA) is 103 Å². The highest BCUT2D eigenvalue weighted by atomic mass is 32.2. The Morgan fingerprint density at radius 2 is 2.07 bits per heavy atom. The first kappa shape index (κ1) is 21.7. The van der Waals surface area contributed by atoms with Gasteiger partial charge in [-0.3, -0.25) is 9.59 Å². The molecule has 3 aromatic rings. The van der Waals surface area contributed by atoms with E-state index in [1.54, 1.807) is 19.4 Å². The smallest absolute Gasteiger partial charge is 0.311 e. The second kappa shape index (κ2) is 10.7. The first-order valence-corrected chi connectivity index (χ1v) is 10.9. The Morgan fingerprint density at radius 1 is 1.20 bits per heavy atom. The summed E-state index contributed by atoms with van der Waals surface area (Å²) in [4.78, 5) is 27.9. The number of thiazole rings is 1. The van der Waals surface area contributed by atoms with Crippen LogP contribution in [0.5, 0.6) is 5.75 Å². The largest absolute Gasteiger partial charge is 0.497 e. The number of anilines is 1. The van der Waals surface area contributed by atoms with Crippen molar-refractivity contribution in [3.63, 3.8) is 0 Å². The molecule has 2 heterocycles. The van der Waals surface area contributed by atoms with Crippen molar-refractivity contribution in [1.29, 1.82) is 0 Å². The fraction of sp³-hybridized carbons (Fsp3) is 0.250. The van der Waals surface area contributed by atoms with Crippen LogP contribution >= 0.6 is 23.1 Å². The predicted octanol–water partition coefficient (Wildman–Crippen LogP) is 3.45. The Labute approximate surface area is 182 Å². The molecule has 10 heteroatoms. The molecule has 1 aromatic carbocycles. The molecule has 0 aliphatic heterocycles. The highest BCUT2D eigenvalue weighted by Crippen LogP contribution is 2.23. The highest BCUT2D eigenvalue weighted by molar-refractivity contribution is 7.99. The molecule has 156 valence electrons. The fourth-order valence-corrected chi connectivity index (χ4v) is 3.77. The van der Waals surface area contributed by atoms with E-state index >= 15 is 0 Å². The predicted molar refractivity (Wildman–Crippen MR) is 116 cm³/mol. The van der Waals surface area contributed by atoms with E-state index in [0.29, 0.717) is 22.5 Å². The minimum Gasteiger partial charge on any atom is -0.497 e. The maximum Gasteiger partial charge on any atom is 0.311 e. The van der Waals surface area contributed by atoms with Crippen LogP contribution in [0.4, 0.5) is 5.13 Å². The van der Waals surface area contributed by atoms with Crippen molar-refractivity contribution in [3.05, 3.63) is 47.5 Å². The van der Waals surface area contributed by atoms with Gasteiger partial charge in [-0.05, 0) is 31.2 Å². The normalized spacial score (nSPS) is 10.5. The molecule has 0 atom stereocenters. The minimum atomic E-state index is -0.341. The molecule has 30 heavy (non-hydrogen) atoms. The summed E-state index contributed by atoms with van der Waals surface area (Å²) in [6, 6.07) is 11.2. The zero-order valence-electron chi connectivity index (χ0n) is 16.5. The summed E-state index contributed by atoms with van der Waals surface area (Å²) in [7, 11) is 1.61. The Hall–Kier alpha value is -2.98. The number of methoxy groups -OCH3 is 1. The summed E-state index contributed by atoms with van der Waals surface area (Å²) >= 11 is 2.54. The minimum absolute atomic E-state index is 0.0875. The number of aromatic nitrogens is 3. The van der Waals surface area contributed by atoms with Gasteiger partial charge in [0.05, 0.1) is 37.3 Å². The molecule has 0 fully saturated rings. The monoisotopic (exact) mass is 444 g/mol. The average Bonchev–Trinajstić information content (AvgIpc) is 3.19. The van der Waals surface area contributed by atoms with Gasteiger partial charge in [-0.15, -0.1) is 21.5 Å². The zero-order chi connectivity index (χ0) is 21.3. The van der Waals surface area contributed by atoms with E-state index in [2.05, 4.69) is 20.5 Å². The number of amides is 1. The molecule has 2 aromatic heterocycles. The van der Waals surface area contributed by atoms with E-state index < -0.39 is 0 Å². The number of carbonyl (C=O) groups is 2. The molecule has 3 rings (SSSR count). The highest BCUT2D eigenvalue weighted by Gasteiger charge is 2.11. The Morgan fingerprint density at radius 3 is 2.80 bits per heavy atom. The van der Waals surface area contributed by atoms with Crippen molar-refractivity contribution in [2.24, 2.45) is 0 Å². The van der Waals surface area contributed by atoms with Gasteiger partial charge < -0.3 is 14.8 Å². The van der Waals surface area contributed by atoms with Gasteiger partial charge >= 0.3 is 5.97 Å². The molecule has 0 saturated heterocycles. The van der Waals surface area contributed by atoms with Crippen LogP contribution in [0.3, 0.4) is 0 Å². The van der Waals surface area contributed by atoms with Crippen molar-refractivity contribution in [2.75, 3.05) is 24.8 Å². The van der Waals surface area contributed by atoms with Gasteiger partial charge in [-0.1, -0.05) is 23.9 Å². The number of ether oxygens (including phenoxy) is 2. The summed E-state index contributed by atoms with van der Waals surface area (Å²) in [6.07, 6.45) is 0.0875. The van der Waals surface area contributed by atoms with E-state index in [0.717, 1.165) is 17.0 Å². The number of carbonyl (C=O) groups excluding carboxylic acids is 2. The van der Waals surface area contributed by atoms with Gasteiger partial charge in [-0.25, -0.2) is 4.98 Å². The van der Waals surface area contributed by atoms with Crippen LogP contribution in [0.2, 0.25) is 0 Å². The van der Waals surface area contributed by atoms with E-state index in [1.807, 2.05) is 36.4 Å². The maximum absolute atomic E-state index is 12.2. The van der Waals surface area contributed by atoms with Crippen molar-refractivity contribution in [2.45, 2.75) is 18.4 Å². The summed E-state index contributed by atoms with van der Waals surface area (Å²) < 4.78 is 10.1. The van der Waals surface area contributed by atoms with Gasteiger partial charge in [-0.2, -0.15) is 0 Å². The Balaban J connectivity index is 1.50. The Bertz CT molecular complexity index is 1010. The first-order chi connectivity index (χ1) is 14.6. The summed E-state index contributed by atoms with van der Waals surface area (Å²) in [6.45, 7) is 2.08. The third kappa shape index (κ3) is 6.26. The molecule has 0 unspecified atom stereocenters. The molecule has 0 spiro atoms. The van der Waals surface area contributed by atoms with E-state index in [4.69, 9.17) is 9.47 Å². The van der Waals surface area contributed by atoms with Crippen molar-refractivity contribution < 1.29 is 19.1 Å². The second-order valence-corrected chi connectivity index (χ2v) is 7.81. The van der Waals surface area contributed by atoms with Gasteiger partial charge in [0.1, 0.15) is 10.8 Å². The van der Waals surface area contributed by atoms with Crippen LogP contribution < -0.4 is 10.1 Å². The van der Waals surface area contributed by atoms with Gasteiger partial charge in [0, 0.05) is 10.9 Å². The molecule has 0 aliphatic carbocycles. The number of nitrogens with one attached hydrogen (secondary N) is 1. The van der Waals surface area contributed by atoms with Gasteiger partial charge in [0.25, 0.3) is 0 Å². The number of esters is 1. The van der Waals surface area contributed by atoms with Crippen molar-refractivity contribution in [3.8, 4) is 17.0 Å². The fourth-order valence-electron chi connectivity index (χ4n) is 2.43. The molecular weight excluding hydrogens is 424 g/mol. The van der Waals surface area contributed by atoms with Crippen LogP contribution in [0.25, 0.3) is 11.3 Å².